The fourth-order valence-electron chi connectivity index (χ4n) is 2.00. The van der Waals surface area contributed by atoms with Crippen molar-refractivity contribution in [3.63, 3.8) is 0 Å². The van der Waals surface area contributed by atoms with Crippen LogP contribution in [0.25, 0.3) is 0 Å². The largest absolute Gasteiger partial charge is 0.481 e. The van der Waals surface area contributed by atoms with Crippen LogP contribution in [-0.2, 0) is 4.79 Å². The van der Waals surface area contributed by atoms with Crippen LogP contribution >= 0.6 is 0 Å². The quantitative estimate of drug-likeness (QED) is 0.675. The predicted octanol–water partition coefficient (Wildman–Crippen LogP) is 2.83. The van der Waals surface area contributed by atoms with Gasteiger partial charge in [-0.1, -0.05) is 19.3 Å². The zero-order valence-electron chi connectivity index (χ0n) is 7.68. The summed E-state index contributed by atoms with van der Waals surface area (Å²) in [5, 5.41) is 8.70. The minimum atomic E-state index is -4.37. The Hall–Kier alpha value is -0.740. The maximum Gasteiger partial charge on any atom is 0.392 e. The number of halogens is 3. The SMILES string of the molecule is O=C(O)C1CCCCCC1C(F)(F)F. The van der Waals surface area contributed by atoms with E-state index in [9.17, 15) is 18.0 Å². The normalized spacial score (nSPS) is 29.6. The summed E-state index contributed by atoms with van der Waals surface area (Å²) in [6.45, 7) is 0. The summed E-state index contributed by atoms with van der Waals surface area (Å²) in [5.74, 6) is -4.20. The number of hydrogen-bond donors (Lipinski definition) is 1. The summed E-state index contributed by atoms with van der Waals surface area (Å²) in [6, 6.07) is 0. The first-order chi connectivity index (χ1) is 6.43. The molecule has 0 spiro atoms. The summed E-state index contributed by atoms with van der Waals surface area (Å²) in [7, 11) is 0. The number of rotatable bonds is 1. The predicted molar refractivity (Wildman–Crippen MR) is 43.8 cm³/mol. The van der Waals surface area contributed by atoms with Crippen LogP contribution in [0.1, 0.15) is 32.1 Å². The molecule has 0 aliphatic heterocycles. The average molecular weight is 210 g/mol. The van der Waals surface area contributed by atoms with Gasteiger partial charge in [0, 0.05) is 0 Å². The fourth-order valence-corrected chi connectivity index (χ4v) is 2.00. The molecule has 1 rings (SSSR count). The first-order valence-corrected chi connectivity index (χ1v) is 4.72. The minimum absolute atomic E-state index is 0.0412. The number of aliphatic carboxylic acids is 1. The average Bonchev–Trinajstić information content (AvgIpc) is 2.26. The van der Waals surface area contributed by atoms with E-state index in [0.717, 1.165) is 0 Å². The van der Waals surface area contributed by atoms with Crippen molar-refractivity contribution in [2.75, 3.05) is 0 Å². The smallest absolute Gasteiger partial charge is 0.392 e. The van der Waals surface area contributed by atoms with Gasteiger partial charge in [-0.15, -0.1) is 0 Å². The third-order valence-corrected chi connectivity index (χ3v) is 2.75. The summed E-state index contributed by atoms with van der Waals surface area (Å²) in [4.78, 5) is 10.7. The van der Waals surface area contributed by atoms with Crippen molar-refractivity contribution in [3.05, 3.63) is 0 Å². The Balaban J connectivity index is 2.79. The van der Waals surface area contributed by atoms with E-state index in [-0.39, 0.29) is 12.8 Å². The maximum absolute atomic E-state index is 12.5. The summed E-state index contributed by atoms with van der Waals surface area (Å²) >= 11 is 0. The third-order valence-electron chi connectivity index (χ3n) is 2.75. The molecule has 0 amide bonds. The summed E-state index contributed by atoms with van der Waals surface area (Å²) in [5.41, 5.74) is 0. The lowest BCUT2D eigenvalue weighted by Gasteiger charge is -2.23. The topological polar surface area (TPSA) is 37.3 Å². The van der Waals surface area contributed by atoms with E-state index in [0.29, 0.717) is 19.3 Å². The van der Waals surface area contributed by atoms with Gasteiger partial charge in [0.25, 0.3) is 0 Å². The van der Waals surface area contributed by atoms with Gasteiger partial charge in [0.2, 0.25) is 0 Å². The molecule has 82 valence electrons. The lowest BCUT2D eigenvalue weighted by atomic mass is 9.87. The zero-order valence-corrected chi connectivity index (χ0v) is 7.68. The van der Waals surface area contributed by atoms with Gasteiger partial charge in [-0.3, -0.25) is 4.79 Å². The van der Waals surface area contributed by atoms with Crippen molar-refractivity contribution in [1.82, 2.24) is 0 Å². The molecular weight excluding hydrogens is 197 g/mol. The molecule has 0 bridgehead atoms. The number of carboxylic acids is 1. The van der Waals surface area contributed by atoms with E-state index >= 15 is 0 Å². The van der Waals surface area contributed by atoms with Crippen molar-refractivity contribution in [2.45, 2.75) is 38.3 Å². The van der Waals surface area contributed by atoms with E-state index in [4.69, 9.17) is 5.11 Å². The lowest BCUT2D eigenvalue weighted by molar-refractivity contribution is -0.197. The molecule has 0 radical (unpaired) electrons. The molecule has 1 aliphatic rings. The number of carbonyl (C=O) groups is 1. The molecule has 1 N–H and O–H groups in total. The minimum Gasteiger partial charge on any atom is -0.481 e. The van der Waals surface area contributed by atoms with Gasteiger partial charge in [0.1, 0.15) is 0 Å². The van der Waals surface area contributed by atoms with Crippen molar-refractivity contribution in [3.8, 4) is 0 Å². The second-order valence-electron chi connectivity index (χ2n) is 3.73. The van der Waals surface area contributed by atoms with Gasteiger partial charge in [-0.25, -0.2) is 0 Å². The Morgan fingerprint density at radius 3 is 2.21 bits per heavy atom. The van der Waals surface area contributed by atoms with Crippen molar-refractivity contribution < 1.29 is 23.1 Å². The molecule has 0 saturated heterocycles. The van der Waals surface area contributed by atoms with Crippen LogP contribution in [0.3, 0.4) is 0 Å². The molecule has 2 atom stereocenters. The van der Waals surface area contributed by atoms with E-state index in [2.05, 4.69) is 0 Å². The number of hydrogen-bond acceptors (Lipinski definition) is 1. The molecule has 0 aromatic carbocycles. The molecule has 1 fully saturated rings. The molecule has 2 nitrogen and oxygen atoms in total. The lowest BCUT2D eigenvalue weighted by Crippen LogP contribution is -2.34. The molecule has 0 heterocycles. The second kappa shape index (κ2) is 4.19. The molecule has 14 heavy (non-hydrogen) atoms. The van der Waals surface area contributed by atoms with Gasteiger partial charge in [0.05, 0.1) is 11.8 Å². The van der Waals surface area contributed by atoms with E-state index in [1.165, 1.54) is 0 Å². The third kappa shape index (κ3) is 2.62. The van der Waals surface area contributed by atoms with Crippen LogP contribution in [-0.4, -0.2) is 17.3 Å². The fraction of sp³-hybridized carbons (Fsp3) is 0.889. The van der Waals surface area contributed by atoms with Crippen molar-refractivity contribution in [1.29, 1.82) is 0 Å². The highest BCUT2D eigenvalue weighted by atomic mass is 19.4. The Morgan fingerprint density at radius 2 is 1.71 bits per heavy atom. The molecule has 0 aromatic heterocycles. The van der Waals surface area contributed by atoms with Crippen LogP contribution in [0.5, 0.6) is 0 Å². The molecule has 0 aromatic rings. The van der Waals surface area contributed by atoms with Crippen LogP contribution in [0.15, 0.2) is 0 Å². The van der Waals surface area contributed by atoms with Crippen LogP contribution < -0.4 is 0 Å². The molecule has 1 saturated carbocycles. The first-order valence-electron chi connectivity index (χ1n) is 4.72. The summed E-state index contributed by atoms with van der Waals surface area (Å²) in [6.07, 6.45) is -2.48. The molecular formula is C9H13F3O2. The highest BCUT2D eigenvalue weighted by Gasteiger charge is 2.47. The molecule has 2 unspecified atom stereocenters. The number of carboxylic acid groups (broad SMARTS) is 1. The van der Waals surface area contributed by atoms with E-state index in [1.54, 1.807) is 0 Å². The zero-order chi connectivity index (χ0) is 10.8. The standard InChI is InChI=1S/C9H13F3O2/c10-9(11,12)7-5-3-1-2-4-6(7)8(13)14/h6-7H,1-5H2,(H,13,14). The van der Waals surface area contributed by atoms with E-state index < -0.39 is 24.0 Å². The second-order valence-corrected chi connectivity index (χ2v) is 3.73. The molecule has 1 aliphatic carbocycles. The van der Waals surface area contributed by atoms with Gasteiger partial charge in [-0.2, -0.15) is 13.2 Å². The van der Waals surface area contributed by atoms with Crippen molar-refractivity contribution >= 4 is 5.97 Å². The van der Waals surface area contributed by atoms with Crippen molar-refractivity contribution in [2.24, 2.45) is 11.8 Å². The van der Waals surface area contributed by atoms with Gasteiger partial charge in [-0.05, 0) is 12.8 Å². The number of alkyl halides is 3. The Labute approximate surface area is 80.1 Å². The van der Waals surface area contributed by atoms with Gasteiger partial charge >= 0.3 is 12.1 Å². The first kappa shape index (κ1) is 11.3. The monoisotopic (exact) mass is 210 g/mol. The summed E-state index contributed by atoms with van der Waals surface area (Å²) < 4.78 is 37.4. The Kier molecular flexibility index (Phi) is 3.39. The Bertz CT molecular complexity index is 213. The maximum atomic E-state index is 12.5. The van der Waals surface area contributed by atoms with Crippen LogP contribution in [0.2, 0.25) is 0 Å². The van der Waals surface area contributed by atoms with Gasteiger partial charge in [0.15, 0.2) is 0 Å². The highest BCUT2D eigenvalue weighted by Crippen LogP contribution is 2.40. The van der Waals surface area contributed by atoms with E-state index in [1.807, 2.05) is 0 Å². The van der Waals surface area contributed by atoms with Crippen LogP contribution in [0.4, 0.5) is 13.2 Å². The van der Waals surface area contributed by atoms with Crippen LogP contribution in [0, 0.1) is 11.8 Å². The highest BCUT2D eigenvalue weighted by molar-refractivity contribution is 5.70. The molecule has 5 heteroatoms. The van der Waals surface area contributed by atoms with Gasteiger partial charge < -0.3 is 5.11 Å². The Morgan fingerprint density at radius 1 is 1.14 bits per heavy atom.